The van der Waals surface area contributed by atoms with Crippen molar-refractivity contribution in [2.75, 3.05) is 12.4 Å². The first-order valence-corrected chi connectivity index (χ1v) is 6.50. The van der Waals surface area contributed by atoms with Gasteiger partial charge < -0.3 is 10.1 Å². The van der Waals surface area contributed by atoms with Gasteiger partial charge in [0.05, 0.1) is 28.9 Å². The van der Waals surface area contributed by atoms with Gasteiger partial charge in [0.1, 0.15) is 0 Å². The maximum atomic E-state index is 12.2. The second-order valence-electron chi connectivity index (χ2n) is 4.33. The molecular formula is C15H13ClN2O3. The molecule has 0 aliphatic heterocycles. The van der Waals surface area contributed by atoms with E-state index in [2.05, 4.69) is 15.0 Å². The van der Waals surface area contributed by atoms with Crippen molar-refractivity contribution in [3.8, 4) is 0 Å². The van der Waals surface area contributed by atoms with E-state index >= 15 is 0 Å². The molecule has 1 N–H and O–H groups in total. The van der Waals surface area contributed by atoms with Gasteiger partial charge in [0.2, 0.25) is 0 Å². The number of amides is 1. The van der Waals surface area contributed by atoms with Crippen molar-refractivity contribution in [3.63, 3.8) is 0 Å². The normalized spacial score (nSPS) is 10.0. The quantitative estimate of drug-likeness (QED) is 0.885. The van der Waals surface area contributed by atoms with Crippen LogP contribution in [0.2, 0.25) is 5.02 Å². The molecular weight excluding hydrogens is 292 g/mol. The van der Waals surface area contributed by atoms with Crippen LogP contribution in [-0.4, -0.2) is 24.0 Å². The molecule has 2 aromatic rings. The van der Waals surface area contributed by atoms with Crippen LogP contribution in [0.15, 0.2) is 36.7 Å². The number of nitrogens with one attached hydrogen (secondary N) is 1. The van der Waals surface area contributed by atoms with Crippen LogP contribution in [0.1, 0.15) is 26.3 Å². The smallest absolute Gasteiger partial charge is 0.337 e. The van der Waals surface area contributed by atoms with Crippen molar-refractivity contribution in [2.45, 2.75) is 6.92 Å². The van der Waals surface area contributed by atoms with Crippen molar-refractivity contribution in [2.24, 2.45) is 0 Å². The van der Waals surface area contributed by atoms with Gasteiger partial charge in [-0.2, -0.15) is 0 Å². The van der Waals surface area contributed by atoms with Crippen LogP contribution < -0.4 is 5.32 Å². The maximum Gasteiger partial charge on any atom is 0.337 e. The largest absolute Gasteiger partial charge is 0.465 e. The van der Waals surface area contributed by atoms with Gasteiger partial charge in [-0.1, -0.05) is 11.6 Å². The molecule has 0 radical (unpaired) electrons. The summed E-state index contributed by atoms with van der Waals surface area (Å²) < 4.78 is 4.64. The number of nitrogens with zero attached hydrogens (tertiary/aromatic N) is 1. The summed E-state index contributed by atoms with van der Waals surface area (Å²) in [4.78, 5) is 27.6. The van der Waals surface area contributed by atoms with Crippen LogP contribution in [0, 0.1) is 6.92 Å². The number of methoxy groups -OCH3 is 1. The zero-order valence-electron chi connectivity index (χ0n) is 11.5. The van der Waals surface area contributed by atoms with Crippen molar-refractivity contribution < 1.29 is 14.3 Å². The fraction of sp³-hybridized carbons (Fsp3) is 0.133. The van der Waals surface area contributed by atoms with Crippen LogP contribution in [0.3, 0.4) is 0 Å². The summed E-state index contributed by atoms with van der Waals surface area (Å²) in [5.74, 6) is -0.843. The van der Waals surface area contributed by atoms with Gasteiger partial charge in [0.25, 0.3) is 5.91 Å². The second-order valence-corrected chi connectivity index (χ2v) is 4.74. The molecule has 1 heterocycles. The lowest BCUT2D eigenvalue weighted by Crippen LogP contribution is -2.14. The molecule has 0 saturated carbocycles. The molecule has 1 amide bonds. The third-order valence-electron chi connectivity index (χ3n) is 2.92. The molecule has 0 aliphatic carbocycles. The predicted molar refractivity (Wildman–Crippen MR) is 79.7 cm³/mol. The van der Waals surface area contributed by atoms with E-state index < -0.39 is 5.97 Å². The molecule has 1 aromatic carbocycles. The molecule has 0 unspecified atom stereocenters. The van der Waals surface area contributed by atoms with Crippen LogP contribution in [0.4, 0.5) is 5.69 Å². The number of aryl methyl sites for hydroxylation is 1. The van der Waals surface area contributed by atoms with Crippen LogP contribution in [0.5, 0.6) is 0 Å². The van der Waals surface area contributed by atoms with Crippen LogP contribution in [0.25, 0.3) is 0 Å². The van der Waals surface area contributed by atoms with Crippen molar-refractivity contribution in [3.05, 3.63) is 58.4 Å². The molecule has 0 fully saturated rings. The summed E-state index contributed by atoms with van der Waals surface area (Å²) in [5.41, 5.74) is 1.88. The van der Waals surface area contributed by atoms with Crippen molar-refractivity contribution in [1.82, 2.24) is 4.98 Å². The molecule has 5 nitrogen and oxygen atoms in total. The number of aromatic nitrogens is 1. The van der Waals surface area contributed by atoms with Gasteiger partial charge in [-0.15, -0.1) is 0 Å². The summed E-state index contributed by atoms with van der Waals surface area (Å²) in [6, 6.07) is 6.26. The number of ether oxygens (including phenoxy) is 1. The van der Waals surface area contributed by atoms with E-state index in [1.54, 1.807) is 12.3 Å². The minimum atomic E-state index is -0.500. The summed E-state index contributed by atoms with van der Waals surface area (Å²) >= 11 is 6.03. The Morgan fingerprint density at radius 3 is 2.71 bits per heavy atom. The Bertz CT molecular complexity index is 701. The highest BCUT2D eigenvalue weighted by molar-refractivity contribution is 6.34. The van der Waals surface area contributed by atoms with Crippen molar-refractivity contribution in [1.29, 1.82) is 0 Å². The molecule has 2 rings (SSSR count). The number of esters is 1. The summed E-state index contributed by atoms with van der Waals surface area (Å²) in [5, 5.41) is 3.00. The average molecular weight is 305 g/mol. The first kappa shape index (κ1) is 15.0. The summed E-state index contributed by atoms with van der Waals surface area (Å²) in [6.45, 7) is 1.81. The third kappa shape index (κ3) is 3.38. The van der Waals surface area contributed by atoms with Gasteiger partial charge in [-0.25, -0.2) is 4.79 Å². The van der Waals surface area contributed by atoms with Gasteiger partial charge in [0, 0.05) is 12.4 Å². The number of halogens is 1. The lowest BCUT2D eigenvalue weighted by atomic mass is 10.1. The highest BCUT2D eigenvalue weighted by Gasteiger charge is 2.13. The Morgan fingerprint density at radius 2 is 2.05 bits per heavy atom. The molecule has 0 bridgehead atoms. The van der Waals surface area contributed by atoms with Crippen LogP contribution in [-0.2, 0) is 4.74 Å². The third-order valence-corrected chi connectivity index (χ3v) is 3.25. The van der Waals surface area contributed by atoms with Gasteiger partial charge >= 0.3 is 5.97 Å². The molecule has 21 heavy (non-hydrogen) atoms. The first-order chi connectivity index (χ1) is 10.0. The van der Waals surface area contributed by atoms with Crippen LogP contribution >= 0.6 is 11.6 Å². The Balaban J connectivity index is 2.29. The fourth-order valence-electron chi connectivity index (χ4n) is 1.76. The van der Waals surface area contributed by atoms with E-state index in [-0.39, 0.29) is 5.91 Å². The zero-order valence-corrected chi connectivity index (χ0v) is 12.3. The average Bonchev–Trinajstić information content (AvgIpc) is 2.49. The Morgan fingerprint density at radius 1 is 1.29 bits per heavy atom. The number of hydrogen-bond donors (Lipinski definition) is 1. The Kier molecular flexibility index (Phi) is 4.55. The molecule has 6 heteroatoms. The van der Waals surface area contributed by atoms with E-state index in [4.69, 9.17) is 11.6 Å². The molecule has 0 spiro atoms. The van der Waals surface area contributed by atoms with E-state index in [0.717, 1.165) is 5.56 Å². The number of anilines is 1. The maximum absolute atomic E-state index is 12.2. The molecule has 0 saturated heterocycles. The number of hydrogen-bond acceptors (Lipinski definition) is 4. The van der Waals surface area contributed by atoms with Gasteiger partial charge in [-0.05, 0) is 36.8 Å². The van der Waals surface area contributed by atoms with E-state index in [1.807, 2.05) is 6.92 Å². The first-order valence-electron chi connectivity index (χ1n) is 6.12. The standard InChI is InChI=1S/C15H13ClN2O3/c1-9-5-6-17-8-11(9)14(19)18-13-7-10(15(20)21-2)3-4-12(13)16/h3-8H,1-2H3,(H,18,19). The number of benzene rings is 1. The lowest BCUT2D eigenvalue weighted by molar-refractivity contribution is 0.0600. The number of carbonyl (C=O) groups excluding carboxylic acids is 2. The minimum Gasteiger partial charge on any atom is -0.465 e. The van der Waals surface area contributed by atoms with E-state index in [0.29, 0.717) is 21.8 Å². The monoisotopic (exact) mass is 304 g/mol. The summed E-state index contributed by atoms with van der Waals surface area (Å²) in [7, 11) is 1.29. The highest BCUT2D eigenvalue weighted by atomic mass is 35.5. The number of rotatable bonds is 3. The number of carbonyl (C=O) groups is 2. The van der Waals surface area contributed by atoms with E-state index in [1.165, 1.54) is 31.5 Å². The van der Waals surface area contributed by atoms with Gasteiger partial charge in [-0.3, -0.25) is 9.78 Å². The van der Waals surface area contributed by atoms with E-state index in [9.17, 15) is 9.59 Å². The lowest BCUT2D eigenvalue weighted by Gasteiger charge is -2.10. The highest BCUT2D eigenvalue weighted by Crippen LogP contribution is 2.24. The topological polar surface area (TPSA) is 68.3 Å². The van der Waals surface area contributed by atoms with Crippen molar-refractivity contribution >= 4 is 29.2 Å². The fourth-order valence-corrected chi connectivity index (χ4v) is 1.92. The molecule has 1 aromatic heterocycles. The van der Waals surface area contributed by atoms with Gasteiger partial charge in [0.15, 0.2) is 0 Å². The Labute approximate surface area is 126 Å². The SMILES string of the molecule is COC(=O)c1ccc(Cl)c(NC(=O)c2cnccc2C)c1. The number of pyridine rings is 1. The molecule has 0 atom stereocenters. The molecule has 0 aliphatic rings. The Hall–Kier alpha value is -2.40. The second kappa shape index (κ2) is 6.37. The predicted octanol–water partition coefficient (Wildman–Crippen LogP) is 3.08. The summed E-state index contributed by atoms with van der Waals surface area (Å²) in [6.07, 6.45) is 3.08. The molecule has 108 valence electrons. The minimum absolute atomic E-state index is 0.306. The zero-order chi connectivity index (χ0) is 15.4.